The molecule has 0 bridgehead atoms. The normalized spacial score (nSPS) is 24.1. The summed E-state index contributed by atoms with van der Waals surface area (Å²) in [7, 11) is 2.74. The van der Waals surface area contributed by atoms with Crippen molar-refractivity contribution in [1.29, 1.82) is 0 Å². The van der Waals surface area contributed by atoms with Crippen molar-refractivity contribution in [3.8, 4) is 5.75 Å². The molecule has 4 rings (SSSR count). The number of hydrogen-bond acceptors (Lipinski definition) is 6. The van der Waals surface area contributed by atoms with Crippen molar-refractivity contribution < 1.29 is 23.9 Å². The SMILES string of the molecule is COC(=O)[C@]1(c2ccccc2)O[C@@H](/C=C/c2ccccc2)[C@@H]([N+](=O)[O-])[C@@H]1c1ccccc1OC. The lowest BCUT2D eigenvalue weighted by molar-refractivity contribution is -0.527. The first-order valence-electron chi connectivity index (χ1n) is 10.8. The number of hydrogen-bond donors (Lipinski definition) is 0. The molecule has 0 aliphatic carbocycles. The maximum atomic E-state index is 13.5. The van der Waals surface area contributed by atoms with Crippen LogP contribution in [-0.4, -0.2) is 37.3 Å². The van der Waals surface area contributed by atoms with Gasteiger partial charge in [-0.15, -0.1) is 0 Å². The van der Waals surface area contributed by atoms with Crippen molar-refractivity contribution in [3.05, 3.63) is 118 Å². The van der Waals surface area contributed by atoms with Gasteiger partial charge in [0.25, 0.3) is 6.04 Å². The highest BCUT2D eigenvalue weighted by molar-refractivity contribution is 5.84. The Balaban J connectivity index is 1.96. The molecule has 3 aromatic carbocycles. The number of rotatable bonds is 7. The van der Waals surface area contributed by atoms with E-state index in [4.69, 9.17) is 14.2 Å². The van der Waals surface area contributed by atoms with Gasteiger partial charge in [0.05, 0.1) is 14.2 Å². The molecule has 174 valence electrons. The van der Waals surface area contributed by atoms with Crippen LogP contribution in [0, 0.1) is 10.1 Å². The Kier molecular flexibility index (Phi) is 6.75. The summed E-state index contributed by atoms with van der Waals surface area (Å²) in [4.78, 5) is 25.6. The smallest absolute Gasteiger partial charge is 0.343 e. The van der Waals surface area contributed by atoms with Crippen molar-refractivity contribution in [1.82, 2.24) is 0 Å². The van der Waals surface area contributed by atoms with Gasteiger partial charge in [-0.2, -0.15) is 0 Å². The molecule has 1 aliphatic rings. The van der Waals surface area contributed by atoms with Crippen molar-refractivity contribution in [2.24, 2.45) is 0 Å². The van der Waals surface area contributed by atoms with E-state index in [1.54, 1.807) is 66.7 Å². The molecule has 34 heavy (non-hydrogen) atoms. The highest BCUT2D eigenvalue weighted by atomic mass is 16.6. The van der Waals surface area contributed by atoms with Crippen LogP contribution in [0.25, 0.3) is 6.08 Å². The highest BCUT2D eigenvalue weighted by Crippen LogP contribution is 2.53. The Morgan fingerprint density at radius 1 is 0.971 bits per heavy atom. The topological polar surface area (TPSA) is 87.9 Å². The molecule has 1 aliphatic heterocycles. The average Bonchev–Trinajstić information content (AvgIpc) is 3.24. The molecule has 0 saturated carbocycles. The fraction of sp³-hybridized carbons (Fsp3) is 0.222. The summed E-state index contributed by atoms with van der Waals surface area (Å²) >= 11 is 0. The Bertz CT molecular complexity index is 1180. The van der Waals surface area contributed by atoms with Gasteiger partial charge in [-0.1, -0.05) is 84.9 Å². The summed E-state index contributed by atoms with van der Waals surface area (Å²) in [6, 6.07) is 23.9. The standard InChI is InChI=1S/C27H25NO6/c1-32-22-16-10-9-15-21(22)24-25(28(30)31)23(18-17-19-11-5-3-6-12-19)34-27(24,26(29)33-2)20-13-7-4-8-14-20/h3-18,23-25H,1-2H3/b18-17+/t23-,24-,25+,27+/m0/s1. The lowest BCUT2D eigenvalue weighted by Gasteiger charge is -2.32. The van der Waals surface area contributed by atoms with Crippen LogP contribution in [0.3, 0.4) is 0 Å². The number of methoxy groups -OCH3 is 2. The molecule has 0 unspecified atom stereocenters. The van der Waals surface area contributed by atoms with Gasteiger partial charge in [-0.25, -0.2) is 4.79 Å². The predicted octanol–water partition coefficient (Wildman–Crippen LogP) is 4.60. The molecule has 3 aromatic rings. The molecule has 1 saturated heterocycles. The van der Waals surface area contributed by atoms with Crippen molar-refractivity contribution in [3.63, 3.8) is 0 Å². The molecule has 0 radical (unpaired) electrons. The molecule has 1 fully saturated rings. The zero-order valence-electron chi connectivity index (χ0n) is 18.9. The lowest BCUT2D eigenvalue weighted by atomic mass is 9.74. The Morgan fingerprint density at radius 2 is 1.59 bits per heavy atom. The Hall–Kier alpha value is -3.97. The first-order chi connectivity index (χ1) is 16.5. The maximum absolute atomic E-state index is 13.5. The molecule has 0 aromatic heterocycles. The number of carbonyl (C=O) groups is 1. The fourth-order valence-corrected chi connectivity index (χ4v) is 4.66. The number of benzene rings is 3. The number of para-hydroxylation sites is 1. The van der Waals surface area contributed by atoms with E-state index in [1.807, 2.05) is 30.3 Å². The van der Waals surface area contributed by atoms with Crippen LogP contribution >= 0.6 is 0 Å². The summed E-state index contributed by atoms with van der Waals surface area (Å²) in [5.74, 6) is -1.30. The molecule has 0 spiro atoms. The van der Waals surface area contributed by atoms with Gasteiger partial charge in [0.1, 0.15) is 17.8 Å². The van der Waals surface area contributed by atoms with Crippen LogP contribution in [0.2, 0.25) is 0 Å². The van der Waals surface area contributed by atoms with Crippen molar-refractivity contribution in [2.75, 3.05) is 14.2 Å². The molecule has 1 heterocycles. The van der Waals surface area contributed by atoms with E-state index in [-0.39, 0.29) is 4.92 Å². The number of ether oxygens (including phenoxy) is 3. The van der Waals surface area contributed by atoms with Crippen molar-refractivity contribution in [2.45, 2.75) is 23.7 Å². The molecule has 7 heteroatoms. The molecular weight excluding hydrogens is 434 g/mol. The highest BCUT2D eigenvalue weighted by Gasteiger charge is 2.66. The summed E-state index contributed by atoms with van der Waals surface area (Å²) in [5, 5.41) is 12.5. The second kappa shape index (κ2) is 9.89. The quantitative estimate of drug-likeness (QED) is 0.291. The second-order valence-electron chi connectivity index (χ2n) is 7.94. The molecule has 4 atom stereocenters. The van der Waals surface area contributed by atoms with Gasteiger partial charge < -0.3 is 14.2 Å². The summed E-state index contributed by atoms with van der Waals surface area (Å²) in [6.45, 7) is 0. The second-order valence-corrected chi connectivity index (χ2v) is 7.94. The predicted molar refractivity (Wildman–Crippen MR) is 127 cm³/mol. The van der Waals surface area contributed by atoms with E-state index in [0.29, 0.717) is 16.9 Å². The van der Waals surface area contributed by atoms with Crippen LogP contribution in [0.1, 0.15) is 22.6 Å². The molecule has 0 amide bonds. The van der Waals surface area contributed by atoms with E-state index in [0.717, 1.165) is 5.56 Å². The fourth-order valence-electron chi connectivity index (χ4n) is 4.66. The minimum Gasteiger partial charge on any atom is -0.496 e. The summed E-state index contributed by atoms with van der Waals surface area (Å²) in [5.41, 5.74) is 0.0720. The zero-order chi connectivity index (χ0) is 24.1. The Morgan fingerprint density at radius 3 is 2.21 bits per heavy atom. The number of esters is 1. The van der Waals surface area contributed by atoms with Gasteiger partial charge in [-0.05, 0) is 23.3 Å². The first kappa shape index (κ1) is 23.2. The zero-order valence-corrected chi connectivity index (χ0v) is 18.9. The molecular formula is C27H25NO6. The van der Waals surface area contributed by atoms with E-state index in [1.165, 1.54) is 14.2 Å². The van der Waals surface area contributed by atoms with Crippen LogP contribution in [0.4, 0.5) is 0 Å². The van der Waals surface area contributed by atoms with Gasteiger partial charge in [0.2, 0.25) is 5.60 Å². The third-order valence-electron chi connectivity index (χ3n) is 6.12. The van der Waals surface area contributed by atoms with Gasteiger partial charge >= 0.3 is 5.97 Å². The molecule has 0 N–H and O–H groups in total. The van der Waals surface area contributed by atoms with Crippen LogP contribution < -0.4 is 4.74 Å². The lowest BCUT2D eigenvalue weighted by Crippen LogP contribution is -2.44. The minimum atomic E-state index is -1.76. The minimum absolute atomic E-state index is 0.384. The summed E-state index contributed by atoms with van der Waals surface area (Å²) in [6.07, 6.45) is 2.39. The van der Waals surface area contributed by atoms with E-state index in [9.17, 15) is 14.9 Å². The van der Waals surface area contributed by atoms with E-state index >= 15 is 0 Å². The number of carbonyl (C=O) groups excluding carboxylic acids is 1. The van der Waals surface area contributed by atoms with E-state index in [2.05, 4.69) is 0 Å². The largest absolute Gasteiger partial charge is 0.496 e. The average molecular weight is 459 g/mol. The van der Waals surface area contributed by atoms with Crippen LogP contribution in [-0.2, 0) is 19.9 Å². The van der Waals surface area contributed by atoms with Gasteiger partial charge in [0.15, 0.2) is 0 Å². The number of nitrogens with zero attached hydrogens (tertiary/aromatic N) is 1. The van der Waals surface area contributed by atoms with E-state index < -0.39 is 29.6 Å². The summed E-state index contributed by atoms with van der Waals surface area (Å²) < 4.78 is 17.1. The Labute approximate surface area is 197 Å². The van der Waals surface area contributed by atoms with Gasteiger partial charge in [0, 0.05) is 10.5 Å². The van der Waals surface area contributed by atoms with Crippen LogP contribution in [0.5, 0.6) is 5.75 Å². The maximum Gasteiger partial charge on any atom is 0.343 e. The van der Waals surface area contributed by atoms with Gasteiger partial charge in [-0.3, -0.25) is 10.1 Å². The third kappa shape index (κ3) is 4.06. The molecule has 7 nitrogen and oxygen atoms in total. The first-order valence-corrected chi connectivity index (χ1v) is 10.8. The van der Waals surface area contributed by atoms with Crippen LogP contribution in [0.15, 0.2) is 91.0 Å². The third-order valence-corrected chi connectivity index (χ3v) is 6.12. The monoisotopic (exact) mass is 459 g/mol. The van der Waals surface area contributed by atoms with Crippen molar-refractivity contribution >= 4 is 12.0 Å². The number of nitro groups is 1.